The highest BCUT2D eigenvalue weighted by Gasteiger charge is 2.43. The number of ketones is 1. The van der Waals surface area contributed by atoms with Gasteiger partial charge in [0.25, 0.3) is 0 Å². The molecule has 0 aromatic heterocycles. The van der Waals surface area contributed by atoms with Crippen LogP contribution in [0.1, 0.15) is 92.6 Å². The lowest BCUT2D eigenvalue weighted by molar-refractivity contribution is -0.148. The normalized spacial score (nSPS) is 18.1. The minimum absolute atomic E-state index is 0.000961. The van der Waals surface area contributed by atoms with Gasteiger partial charge in [0.2, 0.25) is 23.6 Å². The first kappa shape index (κ1) is 55.6. The van der Waals surface area contributed by atoms with Crippen LogP contribution in [0.4, 0.5) is 0 Å². The second-order valence-corrected chi connectivity index (χ2v) is 17.9. The van der Waals surface area contributed by atoms with Crippen molar-refractivity contribution in [3.8, 4) is 0 Å². The van der Waals surface area contributed by atoms with Crippen molar-refractivity contribution in [3.63, 3.8) is 0 Å². The molecule has 0 spiro atoms. The van der Waals surface area contributed by atoms with Crippen LogP contribution in [-0.2, 0) is 54.2 Å². The fraction of sp³-hybridized carbons (Fsp3) is 0.766. The smallest absolute Gasteiger partial charge is 0.245 e. The number of nitrogens with zero attached hydrogens (tertiary/aromatic N) is 3. The molecule has 0 saturated carbocycles. The number of likely N-dealkylation sites (tertiary alicyclic amines) is 1. The van der Waals surface area contributed by atoms with E-state index in [1.807, 2.05) is 90.9 Å². The molecule has 4 N–H and O–H groups in total. The molecule has 16 nitrogen and oxygen atoms in total. The molecule has 1 aromatic rings. The molecule has 1 aromatic carbocycles. The molecule has 1 saturated heterocycles. The van der Waals surface area contributed by atoms with Crippen LogP contribution in [0.5, 0.6) is 0 Å². The molecule has 3 unspecified atom stereocenters. The lowest BCUT2D eigenvalue weighted by Gasteiger charge is -2.41. The molecule has 16 heteroatoms. The van der Waals surface area contributed by atoms with Gasteiger partial charge in [-0.1, -0.05) is 85.2 Å². The summed E-state index contributed by atoms with van der Waals surface area (Å²) in [7, 11) is 8.53. The van der Waals surface area contributed by atoms with Gasteiger partial charge in [-0.25, -0.2) is 5.90 Å². The van der Waals surface area contributed by atoms with E-state index in [1.165, 1.54) is 0 Å². The van der Waals surface area contributed by atoms with Crippen LogP contribution >= 0.6 is 0 Å². The Morgan fingerprint density at radius 2 is 1.48 bits per heavy atom. The average Bonchev–Trinajstić information content (AvgIpc) is 3.73. The molecule has 1 aliphatic heterocycles. The van der Waals surface area contributed by atoms with Gasteiger partial charge in [0.15, 0.2) is 5.78 Å². The van der Waals surface area contributed by atoms with E-state index in [9.17, 15) is 24.0 Å². The van der Waals surface area contributed by atoms with E-state index in [4.69, 9.17) is 24.8 Å². The number of nitrogens with one attached hydrogen (secondary N) is 2. The number of methoxy groups -OCH3 is 2. The third-order valence-corrected chi connectivity index (χ3v) is 12.4. The van der Waals surface area contributed by atoms with Crippen LogP contribution in [0.25, 0.3) is 0 Å². The first-order valence-corrected chi connectivity index (χ1v) is 22.9. The average molecular weight is 891 g/mol. The molecule has 0 radical (unpaired) electrons. The predicted molar refractivity (Wildman–Crippen MR) is 243 cm³/mol. The summed E-state index contributed by atoms with van der Waals surface area (Å²) in [6.07, 6.45) is 1.79. The Hall–Kier alpha value is -3.51. The van der Waals surface area contributed by atoms with Crippen LogP contribution in [-0.4, -0.2) is 161 Å². The Balaban J connectivity index is 2.23. The highest BCUT2D eigenvalue weighted by Crippen LogP contribution is 2.30. The minimum Gasteiger partial charge on any atom is -0.379 e. The summed E-state index contributed by atoms with van der Waals surface area (Å²) in [4.78, 5) is 79.7. The zero-order valence-electron chi connectivity index (χ0n) is 40.4. The molecule has 1 fully saturated rings. The van der Waals surface area contributed by atoms with E-state index in [1.54, 1.807) is 38.0 Å². The zero-order valence-corrected chi connectivity index (χ0v) is 40.4. The number of hydrogen-bond acceptors (Lipinski definition) is 12. The Labute approximate surface area is 377 Å². The van der Waals surface area contributed by atoms with Gasteiger partial charge in [-0.05, 0) is 63.1 Å². The maximum atomic E-state index is 14.4. The number of likely N-dealkylation sites (N-methyl/N-ethyl adjacent to an activating group) is 2. The fourth-order valence-electron chi connectivity index (χ4n) is 8.76. The van der Waals surface area contributed by atoms with Gasteiger partial charge in [-0.15, -0.1) is 0 Å². The summed E-state index contributed by atoms with van der Waals surface area (Å²) in [6, 6.07) is 6.71. The summed E-state index contributed by atoms with van der Waals surface area (Å²) in [6.45, 7) is 15.9. The molecule has 2 rings (SSSR count). The molecule has 9 atom stereocenters. The second kappa shape index (κ2) is 29.1. The summed E-state index contributed by atoms with van der Waals surface area (Å²) in [5.74, 6) is 3.03. The van der Waals surface area contributed by atoms with Gasteiger partial charge in [-0.2, -0.15) is 0 Å². The third-order valence-electron chi connectivity index (χ3n) is 12.4. The largest absolute Gasteiger partial charge is 0.379 e. The van der Waals surface area contributed by atoms with Crippen LogP contribution in [0.3, 0.4) is 0 Å². The highest BCUT2D eigenvalue weighted by atomic mass is 16.6. The van der Waals surface area contributed by atoms with Crippen molar-refractivity contribution in [2.45, 2.75) is 136 Å². The summed E-state index contributed by atoms with van der Waals surface area (Å²) < 4.78 is 23.1. The number of benzene rings is 1. The predicted octanol–water partition coefficient (Wildman–Crippen LogP) is 3.63. The van der Waals surface area contributed by atoms with Gasteiger partial charge in [0.1, 0.15) is 6.04 Å². The van der Waals surface area contributed by atoms with E-state index < -0.39 is 48.3 Å². The first-order chi connectivity index (χ1) is 29.9. The number of hydrogen-bond donors (Lipinski definition) is 3. The number of Topliss-reactive ketones (excluding diaryl/α,β-unsaturated/α-hetero) is 1. The van der Waals surface area contributed by atoms with E-state index in [0.717, 1.165) is 18.4 Å². The van der Waals surface area contributed by atoms with E-state index >= 15 is 0 Å². The molecule has 1 heterocycles. The maximum Gasteiger partial charge on any atom is 0.245 e. The second-order valence-electron chi connectivity index (χ2n) is 17.9. The standard InChI is InChI=1S/C47H82N6O10/c1-13-33(6)43(52(10)47(58)41(31(2)3)50-46(57)42(32(4)5)51(8)9)39(59-11)30-40(55)53-23-17-21-37(53)44(60-12)34(7)45(56)49-36(29-35-19-15-14-16-20-35)38(54)22-18-24-61-25-26-62-27-28-63-48/h14-16,19-20,31-34,36-37,39,41-44H,13,17-18,21-30,48H2,1-12H3,(H,49,56)(H,50,57)/t33-,34+,36-,37?,39+,41-,42?,43?,44+/m1/s1. The zero-order chi connectivity index (χ0) is 47.2. The Bertz CT molecular complexity index is 1510. The van der Waals surface area contributed by atoms with Crippen LogP contribution in [0.15, 0.2) is 30.3 Å². The highest BCUT2D eigenvalue weighted by molar-refractivity contribution is 5.91. The number of carbonyl (C=O) groups excluding carboxylic acids is 5. The van der Waals surface area contributed by atoms with E-state index in [-0.39, 0.29) is 60.0 Å². The van der Waals surface area contributed by atoms with Crippen molar-refractivity contribution in [3.05, 3.63) is 35.9 Å². The van der Waals surface area contributed by atoms with E-state index in [0.29, 0.717) is 58.8 Å². The van der Waals surface area contributed by atoms with Gasteiger partial charge < -0.3 is 44.2 Å². The molecule has 1 aliphatic rings. The topological polar surface area (TPSA) is 191 Å². The van der Waals surface area contributed by atoms with Crippen molar-refractivity contribution in [2.75, 3.05) is 74.9 Å². The van der Waals surface area contributed by atoms with Crippen LogP contribution in [0, 0.1) is 23.7 Å². The summed E-state index contributed by atoms with van der Waals surface area (Å²) in [5.41, 5.74) is 0.916. The number of carbonyl (C=O) groups is 5. The van der Waals surface area contributed by atoms with Gasteiger partial charge >= 0.3 is 0 Å². The molecule has 63 heavy (non-hydrogen) atoms. The maximum absolute atomic E-state index is 14.4. The van der Waals surface area contributed by atoms with Crippen molar-refractivity contribution in [1.29, 1.82) is 0 Å². The Morgan fingerprint density at radius 3 is 2.03 bits per heavy atom. The van der Waals surface area contributed by atoms with Crippen LogP contribution in [0.2, 0.25) is 0 Å². The number of nitrogens with two attached hydrogens (primary N) is 1. The Morgan fingerprint density at radius 1 is 0.841 bits per heavy atom. The fourth-order valence-corrected chi connectivity index (χ4v) is 8.76. The lowest BCUT2D eigenvalue weighted by Crippen LogP contribution is -2.59. The number of rotatable bonds is 31. The summed E-state index contributed by atoms with van der Waals surface area (Å²) >= 11 is 0. The van der Waals surface area contributed by atoms with Crippen LogP contribution < -0.4 is 16.5 Å². The number of amides is 4. The van der Waals surface area contributed by atoms with Crippen molar-refractivity contribution in [2.24, 2.45) is 29.6 Å². The molecule has 0 aliphatic carbocycles. The molecule has 360 valence electrons. The molecule has 4 amide bonds. The molecular formula is C47H82N6O10. The minimum atomic E-state index is -0.781. The Kier molecular flexibility index (Phi) is 25.7. The van der Waals surface area contributed by atoms with Crippen molar-refractivity contribution in [1.82, 2.24) is 25.3 Å². The van der Waals surface area contributed by atoms with Gasteiger partial charge in [0.05, 0.1) is 75.1 Å². The lowest BCUT2D eigenvalue weighted by atomic mass is 9.89. The summed E-state index contributed by atoms with van der Waals surface area (Å²) in [5, 5.41) is 6.07. The quantitative estimate of drug-likeness (QED) is 0.0726. The number of ether oxygens (including phenoxy) is 4. The van der Waals surface area contributed by atoms with Gasteiger partial charge in [-0.3, -0.25) is 28.9 Å². The first-order valence-electron chi connectivity index (χ1n) is 22.9. The SMILES string of the molecule is CC[C@@H](C)C([C@H](CC(=O)N1CCCC1[C@@H](OC)[C@H](C)C(=O)N[C@H](Cc1ccccc1)C(=O)CCCOCCOCCON)OC)N(C)C(=O)[C@H](NC(=O)C(C(C)C)N(C)C)C(C)C. The third kappa shape index (κ3) is 17.4. The van der Waals surface area contributed by atoms with Crippen molar-refractivity contribution < 1.29 is 47.8 Å². The molecular weight excluding hydrogens is 809 g/mol. The van der Waals surface area contributed by atoms with Crippen molar-refractivity contribution >= 4 is 29.4 Å². The van der Waals surface area contributed by atoms with Gasteiger partial charge in [0, 0.05) is 40.8 Å². The van der Waals surface area contributed by atoms with E-state index in [2.05, 4.69) is 15.5 Å². The molecule has 0 bridgehead atoms. The monoisotopic (exact) mass is 891 g/mol.